The summed E-state index contributed by atoms with van der Waals surface area (Å²) in [5, 5.41) is 2.19. The van der Waals surface area contributed by atoms with Crippen LogP contribution < -0.4 is 10.6 Å². The minimum Gasteiger partial charge on any atom is -0.397 e. The molecule has 2 nitrogen and oxygen atoms in total. The molecule has 2 N–H and O–H groups in total. The molecule has 0 radical (unpaired) electrons. The van der Waals surface area contributed by atoms with Gasteiger partial charge in [-0.05, 0) is 48.1 Å². The van der Waals surface area contributed by atoms with E-state index in [0.29, 0.717) is 0 Å². The van der Waals surface area contributed by atoms with Crippen LogP contribution in [0.5, 0.6) is 0 Å². The zero-order valence-corrected chi connectivity index (χ0v) is 10.8. The Morgan fingerprint density at radius 3 is 3.00 bits per heavy atom. The van der Waals surface area contributed by atoms with Crippen LogP contribution in [0.1, 0.15) is 16.0 Å². The first-order valence-electron chi connectivity index (χ1n) is 5.90. The number of rotatable bonds is 1. The Bertz CT molecular complexity index is 545. The summed E-state index contributed by atoms with van der Waals surface area (Å²) >= 11 is 1.87. The normalized spacial score (nSPS) is 14.8. The van der Waals surface area contributed by atoms with Gasteiger partial charge in [0.1, 0.15) is 0 Å². The smallest absolute Gasteiger partial charge is 0.0603 e. The quantitative estimate of drug-likeness (QED) is 0.781. The molecule has 3 rings (SSSR count). The summed E-state index contributed by atoms with van der Waals surface area (Å²) in [6, 6.07) is 8.56. The summed E-state index contributed by atoms with van der Waals surface area (Å²) in [7, 11) is 0. The van der Waals surface area contributed by atoms with Crippen molar-refractivity contribution in [1.29, 1.82) is 0 Å². The third-order valence-corrected chi connectivity index (χ3v) is 4.35. The first-order valence-corrected chi connectivity index (χ1v) is 6.78. The minimum absolute atomic E-state index is 0.892. The Morgan fingerprint density at radius 2 is 2.18 bits per heavy atom. The highest BCUT2D eigenvalue weighted by Gasteiger charge is 2.18. The number of thiophene rings is 1. The van der Waals surface area contributed by atoms with Gasteiger partial charge < -0.3 is 10.6 Å². The molecule has 1 aromatic heterocycles. The SMILES string of the molecule is Cc1ccc(N2CCc3sccc3C2)c(N)c1. The van der Waals surface area contributed by atoms with Crippen molar-refractivity contribution in [2.45, 2.75) is 19.9 Å². The van der Waals surface area contributed by atoms with Crippen molar-refractivity contribution >= 4 is 22.7 Å². The average Bonchev–Trinajstić information content (AvgIpc) is 2.75. The van der Waals surface area contributed by atoms with E-state index in [1.54, 1.807) is 0 Å². The Balaban J connectivity index is 1.91. The highest BCUT2D eigenvalue weighted by atomic mass is 32.1. The molecule has 17 heavy (non-hydrogen) atoms. The molecule has 0 bridgehead atoms. The highest BCUT2D eigenvalue weighted by molar-refractivity contribution is 7.10. The number of nitrogens with two attached hydrogens (primary N) is 1. The zero-order valence-electron chi connectivity index (χ0n) is 9.94. The van der Waals surface area contributed by atoms with Gasteiger partial charge >= 0.3 is 0 Å². The molecular formula is C14H16N2S. The lowest BCUT2D eigenvalue weighted by Gasteiger charge is -2.30. The third-order valence-electron chi connectivity index (χ3n) is 3.33. The highest BCUT2D eigenvalue weighted by Crippen LogP contribution is 2.31. The van der Waals surface area contributed by atoms with Gasteiger partial charge in [-0.2, -0.15) is 0 Å². The van der Waals surface area contributed by atoms with E-state index in [1.165, 1.54) is 21.7 Å². The summed E-state index contributed by atoms with van der Waals surface area (Å²) in [4.78, 5) is 3.91. The number of benzene rings is 1. The minimum atomic E-state index is 0.892. The van der Waals surface area contributed by atoms with E-state index >= 15 is 0 Å². The van der Waals surface area contributed by atoms with Gasteiger partial charge in [0, 0.05) is 18.0 Å². The van der Waals surface area contributed by atoms with Gasteiger partial charge in [0.25, 0.3) is 0 Å². The van der Waals surface area contributed by atoms with Crippen LogP contribution in [-0.4, -0.2) is 6.54 Å². The predicted molar refractivity (Wildman–Crippen MR) is 74.7 cm³/mol. The molecule has 0 fully saturated rings. The van der Waals surface area contributed by atoms with Gasteiger partial charge in [0.2, 0.25) is 0 Å². The number of aryl methyl sites for hydroxylation is 1. The molecule has 2 aromatic rings. The average molecular weight is 244 g/mol. The van der Waals surface area contributed by atoms with E-state index in [4.69, 9.17) is 5.73 Å². The summed E-state index contributed by atoms with van der Waals surface area (Å²) in [5.41, 5.74) is 10.9. The van der Waals surface area contributed by atoms with Crippen molar-refractivity contribution in [3.05, 3.63) is 45.6 Å². The predicted octanol–water partition coefficient (Wildman–Crippen LogP) is 3.20. The molecule has 1 aromatic carbocycles. The Labute approximate surface area is 106 Å². The Hall–Kier alpha value is -1.48. The van der Waals surface area contributed by atoms with Crippen LogP contribution in [0.3, 0.4) is 0 Å². The fraction of sp³-hybridized carbons (Fsp3) is 0.286. The fourth-order valence-electron chi connectivity index (χ4n) is 2.42. The number of fused-ring (bicyclic) bond motifs is 1. The molecule has 2 heterocycles. The lowest BCUT2D eigenvalue weighted by atomic mass is 10.1. The van der Waals surface area contributed by atoms with E-state index in [9.17, 15) is 0 Å². The van der Waals surface area contributed by atoms with Crippen molar-refractivity contribution in [1.82, 2.24) is 0 Å². The summed E-state index contributed by atoms with van der Waals surface area (Å²) in [5.74, 6) is 0. The molecule has 0 atom stereocenters. The van der Waals surface area contributed by atoms with Gasteiger partial charge in [0.15, 0.2) is 0 Å². The van der Waals surface area contributed by atoms with Crippen molar-refractivity contribution < 1.29 is 0 Å². The van der Waals surface area contributed by atoms with E-state index in [0.717, 1.165) is 25.2 Å². The molecule has 88 valence electrons. The molecule has 1 aliphatic heterocycles. The van der Waals surface area contributed by atoms with Crippen molar-refractivity contribution in [3.63, 3.8) is 0 Å². The van der Waals surface area contributed by atoms with Gasteiger partial charge in [-0.1, -0.05) is 6.07 Å². The van der Waals surface area contributed by atoms with Gasteiger partial charge in [-0.25, -0.2) is 0 Å². The maximum Gasteiger partial charge on any atom is 0.0603 e. The number of hydrogen-bond donors (Lipinski definition) is 1. The number of nitrogen functional groups attached to an aromatic ring is 1. The van der Waals surface area contributed by atoms with Crippen LogP contribution in [0, 0.1) is 6.92 Å². The van der Waals surface area contributed by atoms with E-state index in [-0.39, 0.29) is 0 Å². The van der Waals surface area contributed by atoms with E-state index in [2.05, 4.69) is 41.5 Å². The lowest BCUT2D eigenvalue weighted by molar-refractivity contribution is 0.745. The summed E-state index contributed by atoms with van der Waals surface area (Å²) in [6.07, 6.45) is 1.14. The van der Waals surface area contributed by atoms with Crippen LogP contribution in [0.15, 0.2) is 29.6 Å². The first kappa shape index (κ1) is 10.7. The molecule has 3 heteroatoms. The van der Waals surface area contributed by atoms with Crippen LogP contribution in [0.2, 0.25) is 0 Å². The second-order valence-electron chi connectivity index (χ2n) is 4.60. The molecule has 0 saturated carbocycles. The summed E-state index contributed by atoms with van der Waals surface area (Å²) in [6.45, 7) is 4.14. The zero-order chi connectivity index (χ0) is 11.8. The van der Waals surface area contributed by atoms with Crippen LogP contribution >= 0.6 is 11.3 Å². The van der Waals surface area contributed by atoms with Crippen LogP contribution in [0.25, 0.3) is 0 Å². The molecule has 0 saturated heterocycles. The monoisotopic (exact) mass is 244 g/mol. The standard InChI is InChI=1S/C14H16N2S/c1-10-2-3-13(12(15)8-10)16-6-4-14-11(9-16)5-7-17-14/h2-3,5,7-8H,4,6,9,15H2,1H3. The van der Waals surface area contributed by atoms with Crippen LogP contribution in [0.4, 0.5) is 11.4 Å². The van der Waals surface area contributed by atoms with Gasteiger partial charge in [-0.3, -0.25) is 0 Å². The van der Waals surface area contributed by atoms with Crippen molar-refractivity contribution in [2.75, 3.05) is 17.2 Å². The number of hydrogen-bond acceptors (Lipinski definition) is 3. The first-order chi connectivity index (χ1) is 8.24. The summed E-state index contributed by atoms with van der Waals surface area (Å²) < 4.78 is 0. The third kappa shape index (κ3) is 1.91. The number of nitrogens with zero attached hydrogens (tertiary/aromatic N) is 1. The molecule has 0 amide bonds. The van der Waals surface area contributed by atoms with Crippen molar-refractivity contribution in [3.8, 4) is 0 Å². The molecule has 0 spiro atoms. The van der Waals surface area contributed by atoms with E-state index in [1.807, 2.05) is 11.3 Å². The van der Waals surface area contributed by atoms with Gasteiger partial charge in [-0.15, -0.1) is 11.3 Å². The van der Waals surface area contributed by atoms with E-state index < -0.39 is 0 Å². The molecule has 1 aliphatic rings. The molecular weight excluding hydrogens is 228 g/mol. The van der Waals surface area contributed by atoms with Crippen molar-refractivity contribution in [2.24, 2.45) is 0 Å². The molecule has 0 aliphatic carbocycles. The second kappa shape index (κ2) is 4.08. The maximum atomic E-state index is 6.11. The molecule has 0 unspecified atom stereocenters. The van der Waals surface area contributed by atoms with Gasteiger partial charge in [0.05, 0.1) is 11.4 Å². The second-order valence-corrected chi connectivity index (χ2v) is 5.60. The van der Waals surface area contributed by atoms with Crippen LogP contribution in [-0.2, 0) is 13.0 Å². The number of anilines is 2. The largest absolute Gasteiger partial charge is 0.397 e. The Kier molecular flexibility index (Phi) is 2.56. The lowest BCUT2D eigenvalue weighted by Crippen LogP contribution is -2.29. The topological polar surface area (TPSA) is 29.3 Å². The Morgan fingerprint density at radius 1 is 1.29 bits per heavy atom. The fourth-order valence-corrected chi connectivity index (χ4v) is 3.31. The maximum absolute atomic E-state index is 6.11.